The molecule has 3 N–H and O–H groups in total. The number of halogens is 1. The summed E-state index contributed by atoms with van der Waals surface area (Å²) in [4.78, 5) is 24.2. The molecular weight excluding hydrogens is 438 g/mol. The van der Waals surface area contributed by atoms with Gasteiger partial charge in [-0.2, -0.15) is 0 Å². The van der Waals surface area contributed by atoms with Crippen molar-refractivity contribution >= 4 is 33.4 Å². The molecule has 0 aliphatic heterocycles. The Labute approximate surface area is 179 Å². The molecule has 0 saturated carbocycles. The first-order chi connectivity index (χ1) is 13.9. The molecule has 0 unspecified atom stereocenters. The Hall–Kier alpha value is -2.74. The van der Waals surface area contributed by atoms with Crippen molar-refractivity contribution in [2.75, 3.05) is 25.1 Å². The smallest absolute Gasteiger partial charge is 0.257 e. The van der Waals surface area contributed by atoms with Crippen LogP contribution in [-0.4, -0.2) is 31.6 Å². The molecule has 0 aromatic heterocycles. The number of anilines is 1. The summed E-state index contributed by atoms with van der Waals surface area (Å²) in [6.45, 7) is 6.80. The minimum absolute atomic E-state index is 0.0462. The number of hydrogen-bond donors (Lipinski definition) is 3. The van der Waals surface area contributed by atoms with E-state index < -0.39 is 0 Å². The van der Waals surface area contributed by atoms with Crippen LogP contribution >= 0.6 is 15.9 Å². The van der Waals surface area contributed by atoms with Crippen LogP contribution in [0.1, 0.15) is 25.0 Å². The van der Waals surface area contributed by atoms with Crippen LogP contribution in [0, 0.1) is 6.92 Å². The number of hydrazine groups is 1. The van der Waals surface area contributed by atoms with Crippen LogP contribution in [0.25, 0.3) is 0 Å². The molecule has 0 spiro atoms. The van der Waals surface area contributed by atoms with E-state index in [1.807, 2.05) is 45.0 Å². The highest BCUT2D eigenvalue weighted by atomic mass is 79.9. The van der Waals surface area contributed by atoms with Crippen molar-refractivity contribution < 1.29 is 19.1 Å². The molecule has 2 amide bonds. The average molecular weight is 464 g/mol. The van der Waals surface area contributed by atoms with E-state index >= 15 is 0 Å². The van der Waals surface area contributed by atoms with E-state index in [0.717, 1.165) is 21.3 Å². The topological polar surface area (TPSA) is 88.7 Å². The van der Waals surface area contributed by atoms with E-state index in [2.05, 4.69) is 32.1 Å². The van der Waals surface area contributed by atoms with Gasteiger partial charge in [-0.05, 0) is 50.6 Å². The molecule has 2 rings (SSSR count). The zero-order valence-corrected chi connectivity index (χ0v) is 18.4. The summed E-state index contributed by atoms with van der Waals surface area (Å²) in [5.41, 5.74) is 7.52. The second-order valence-corrected chi connectivity index (χ2v) is 7.10. The Morgan fingerprint density at radius 1 is 0.931 bits per heavy atom. The number of amides is 2. The lowest BCUT2D eigenvalue weighted by atomic mass is 10.1. The molecule has 0 fully saturated rings. The summed E-state index contributed by atoms with van der Waals surface area (Å²) in [6, 6.07) is 11.2. The lowest BCUT2D eigenvalue weighted by Gasteiger charge is -2.14. The van der Waals surface area contributed by atoms with E-state index in [0.29, 0.717) is 24.7 Å². The van der Waals surface area contributed by atoms with Gasteiger partial charge in [0.15, 0.2) is 11.5 Å². The summed E-state index contributed by atoms with van der Waals surface area (Å²) >= 11 is 3.45. The lowest BCUT2D eigenvalue weighted by molar-refractivity contribution is -0.127. The first-order valence-corrected chi connectivity index (χ1v) is 10.2. The van der Waals surface area contributed by atoms with Crippen molar-refractivity contribution in [3.8, 4) is 11.5 Å². The average Bonchev–Trinajstić information content (AvgIpc) is 2.69. The van der Waals surface area contributed by atoms with E-state index in [9.17, 15) is 9.59 Å². The van der Waals surface area contributed by atoms with Gasteiger partial charge < -0.3 is 14.8 Å². The number of nitrogens with one attached hydrogen (secondary N) is 3. The van der Waals surface area contributed by atoms with Gasteiger partial charge in [0.2, 0.25) is 5.91 Å². The molecule has 8 heteroatoms. The van der Waals surface area contributed by atoms with Gasteiger partial charge in [0.25, 0.3) is 5.91 Å². The van der Waals surface area contributed by atoms with E-state index in [1.54, 1.807) is 12.1 Å². The third kappa shape index (κ3) is 7.30. The van der Waals surface area contributed by atoms with Crippen molar-refractivity contribution in [1.29, 1.82) is 0 Å². The highest BCUT2D eigenvalue weighted by Gasteiger charge is 2.14. The zero-order chi connectivity index (χ0) is 21.2. The molecule has 0 aliphatic carbocycles. The van der Waals surface area contributed by atoms with Gasteiger partial charge in [0.1, 0.15) is 0 Å². The van der Waals surface area contributed by atoms with Gasteiger partial charge in [-0.1, -0.05) is 33.6 Å². The number of carbonyl (C=O) groups is 2. The van der Waals surface area contributed by atoms with Crippen LogP contribution < -0.4 is 25.6 Å². The van der Waals surface area contributed by atoms with Crippen molar-refractivity contribution in [2.24, 2.45) is 0 Å². The molecular formula is C21H26BrN3O4. The van der Waals surface area contributed by atoms with Gasteiger partial charge in [-0.3, -0.25) is 20.4 Å². The number of rotatable bonds is 9. The van der Waals surface area contributed by atoms with E-state index in [-0.39, 0.29) is 24.8 Å². The number of aryl methyl sites for hydroxylation is 1. The molecule has 29 heavy (non-hydrogen) atoms. The molecule has 0 saturated heterocycles. The number of ether oxygens (including phenoxy) is 2. The summed E-state index contributed by atoms with van der Waals surface area (Å²) in [5, 5.41) is 2.99. The molecule has 7 nitrogen and oxygen atoms in total. The Morgan fingerprint density at radius 3 is 2.14 bits per heavy atom. The summed E-state index contributed by atoms with van der Waals surface area (Å²) in [7, 11) is 0. The summed E-state index contributed by atoms with van der Waals surface area (Å²) < 4.78 is 11.9. The fourth-order valence-electron chi connectivity index (χ4n) is 2.50. The molecule has 0 radical (unpaired) electrons. The monoisotopic (exact) mass is 463 g/mol. The van der Waals surface area contributed by atoms with Gasteiger partial charge >= 0.3 is 0 Å². The Morgan fingerprint density at radius 2 is 1.52 bits per heavy atom. The van der Waals surface area contributed by atoms with Gasteiger partial charge in [0.05, 0.1) is 26.2 Å². The highest BCUT2D eigenvalue weighted by Crippen LogP contribution is 2.34. The number of hydrogen-bond acceptors (Lipinski definition) is 5. The normalized spacial score (nSPS) is 10.2. The maximum Gasteiger partial charge on any atom is 0.257 e. The first kappa shape index (κ1) is 22.5. The fourth-order valence-corrected chi connectivity index (χ4v) is 2.97. The van der Waals surface area contributed by atoms with Crippen molar-refractivity contribution in [3.05, 3.63) is 52.0 Å². The number of carbonyl (C=O) groups excluding carboxylic acids is 2. The Kier molecular flexibility index (Phi) is 8.79. The Balaban J connectivity index is 1.87. The summed E-state index contributed by atoms with van der Waals surface area (Å²) in [6.07, 6.45) is 0.0682. The molecule has 0 bridgehead atoms. The van der Waals surface area contributed by atoms with Crippen molar-refractivity contribution in [3.63, 3.8) is 0 Å². The minimum Gasteiger partial charge on any atom is -0.490 e. The lowest BCUT2D eigenvalue weighted by Crippen LogP contribution is -2.44. The predicted octanol–water partition coefficient (Wildman–Crippen LogP) is 3.36. The third-order valence-corrected chi connectivity index (χ3v) is 4.65. The number of benzene rings is 2. The SMILES string of the molecule is CCOc1cc(Br)c(CC(=O)NNC(=O)CNc2ccc(C)cc2)cc1OCC. The molecule has 2 aromatic rings. The molecule has 0 atom stereocenters. The third-order valence-electron chi connectivity index (χ3n) is 3.91. The first-order valence-electron chi connectivity index (χ1n) is 9.39. The minimum atomic E-state index is -0.348. The molecule has 0 heterocycles. The summed E-state index contributed by atoms with van der Waals surface area (Å²) in [5.74, 6) is 0.494. The second kappa shape index (κ2) is 11.3. The highest BCUT2D eigenvalue weighted by molar-refractivity contribution is 9.10. The van der Waals surface area contributed by atoms with Crippen LogP contribution in [0.3, 0.4) is 0 Å². The molecule has 0 aliphatic rings. The maximum atomic E-state index is 12.2. The van der Waals surface area contributed by atoms with Gasteiger partial charge in [-0.15, -0.1) is 0 Å². The van der Waals surface area contributed by atoms with E-state index in [1.165, 1.54) is 0 Å². The van der Waals surface area contributed by atoms with Gasteiger partial charge in [0, 0.05) is 10.2 Å². The Bertz CT molecular complexity index is 841. The zero-order valence-electron chi connectivity index (χ0n) is 16.8. The largest absolute Gasteiger partial charge is 0.490 e. The van der Waals surface area contributed by atoms with Gasteiger partial charge in [-0.25, -0.2) is 0 Å². The van der Waals surface area contributed by atoms with Crippen LogP contribution in [0.2, 0.25) is 0 Å². The molecule has 2 aromatic carbocycles. The van der Waals surface area contributed by atoms with Crippen LogP contribution in [0.5, 0.6) is 11.5 Å². The van der Waals surface area contributed by atoms with Crippen molar-refractivity contribution in [2.45, 2.75) is 27.2 Å². The quantitative estimate of drug-likeness (QED) is 0.496. The standard InChI is InChI=1S/C21H26BrN3O4/c1-4-28-18-10-15(17(22)12-19(18)29-5-2)11-20(26)24-25-21(27)13-23-16-8-6-14(3)7-9-16/h6-10,12,23H,4-5,11,13H2,1-3H3,(H,24,26)(H,25,27). The maximum absolute atomic E-state index is 12.2. The van der Waals surface area contributed by atoms with Crippen molar-refractivity contribution in [1.82, 2.24) is 10.9 Å². The molecule has 156 valence electrons. The fraction of sp³-hybridized carbons (Fsp3) is 0.333. The van der Waals surface area contributed by atoms with Crippen LogP contribution in [0.15, 0.2) is 40.9 Å². The van der Waals surface area contributed by atoms with Crippen LogP contribution in [-0.2, 0) is 16.0 Å². The van der Waals surface area contributed by atoms with Crippen LogP contribution in [0.4, 0.5) is 5.69 Å². The second-order valence-electron chi connectivity index (χ2n) is 6.25. The van der Waals surface area contributed by atoms with E-state index in [4.69, 9.17) is 9.47 Å². The predicted molar refractivity (Wildman–Crippen MR) is 116 cm³/mol.